The van der Waals surface area contributed by atoms with Crippen LogP contribution in [0.1, 0.15) is 31.2 Å². The molecule has 0 unspecified atom stereocenters. The fourth-order valence-electron chi connectivity index (χ4n) is 3.89. The monoisotopic (exact) mass is 437 g/mol. The van der Waals surface area contributed by atoms with E-state index in [1.165, 1.54) is 0 Å². The Labute approximate surface area is 178 Å². The van der Waals surface area contributed by atoms with Crippen LogP contribution in [-0.2, 0) is 24.3 Å². The van der Waals surface area contributed by atoms with Crippen LogP contribution in [0.15, 0.2) is 29.2 Å². The Balaban J connectivity index is 1.38. The molecule has 1 aromatic rings. The Morgan fingerprint density at radius 3 is 2.33 bits per heavy atom. The highest BCUT2D eigenvalue weighted by atomic mass is 32.2. The van der Waals surface area contributed by atoms with Crippen LogP contribution in [0.2, 0.25) is 0 Å². The first kappa shape index (κ1) is 22.7. The summed E-state index contributed by atoms with van der Waals surface area (Å²) in [6.07, 6.45) is 2.97. The number of sulfonamides is 1. The number of benzene rings is 1. The first-order valence-electron chi connectivity index (χ1n) is 10.5. The van der Waals surface area contributed by atoms with Gasteiger partial charge in [-0.05, 0) is 50.7 Å². The molecule has 2 amide bonds. The maximum absolute atomic E-state index is 12.4. The highest BCUT2D eigenvalue weighted by molar-refractivity contribution is 7.89. The van der Waals surface area contributed by atoms with Gasteiger partial charge in [0.1, 0.15) is 0 Å². The number of amides is 2. The highest BCUT2D eigenvalue weighted by Crippen LogP contribution is 2.28. The van der Waals surface area contributed by atoms with Gasteiger partial charge in [0, 0.05) is 25.6 Å². The third-order valence-electron chi connectivity index (χ3n) is 5.89. The molecule has 166 valence electrons. The van der Waals surface area contributed by atoms with Gasteiger partial charge in [-0.25, -0.2) is 13.1 Å². The number of aryl methyl sites for hydroxylation is 1. The molecule has 9 heteroatoms. The van der Waals surface area contributed by atoms with Crippen molar-refractivity contribution in [3.63, 3.8) is 0 Å². The predicted molar refractivity (Wildman–Crippen MR) is 112 cm³/mol. The molecule has 1 aromatic carbocycles. The summed E-state index contributed by atoms with van der Waals surface area (Å²) in [5, 5.41) is 2.76. The first-order chi connectivity index (χ1) is 14.3. The third-order valence-corrected chi connectivity index (χ3v) is 7.33. The van der Waals surface area contributed by atoms with E-state index in [1.807, 2.05) is 6.92 Å². The number of hydrogen-bond donors (Lipinski definition) is 2. The number of nitrogens with one attached hydrogen (secondary N) is 2. The van der Waals surface area contributed by atoms with Gasteiger partial charge in [0.15, 0.2) is 0 Å². The smallest absolute Gasteiger partial charge is 0.242 e. The van der Waals surface area contributed by atoms with E-state index in [1.54, 1.807) is 29.2 Å². The van der Waals surface area contributed by atoms with Crippen molar-refractivity contribution in [1.82, 2.24) is 14.9 Å². The number of ether oxygens (including phenoxy) is 1. The van der Waals surface area contributed by atoms with Gasteiger partial charge in [0.25, 0.3) is 0 Å². The predicted octanol–water partition coefficient (Wildman–Crippen LogP) is 1.05. The molecule has 2 aliphatic rings. The van der Waals surface area contributed by atoms with Crippen molar-refractivity contribution in [2.45, 2.75) is 37.5 Å². The van der Waals surface area contributed by atoms with E-state index >= 15 is 0 Å². The van der Waals surface area contributed by atoms with Gasteiger partial charge in [-0.1, -0.05) is 17.7 Å². The summed E-state index contributed by atoms with van der Waals surface area (Å²) in [5.74, 6) is -0.0714. The zero-order valence-corrected chi connectivity index (χ0v) is 18.2. The van der Waals surface area contributed by atoms with Crippen LogP contribution >= 0.6 is 0 Å². The normalized spacial score (nSPS) is 22.5. The van der Waals surface area contributed by atoms with Gasteiger partial charge >= 0.3 is 0 Å². The van der Waals surface area contributed by atoms with Crippen molar-refractivity contribution >= 4 is 21.8 Å². The standard InChI is InChI=1S/C21H31N3O5S/c1-16-2-8-19(9-3-16)30(27,28)23-14-17-4-6-18(7-5-17)21(26)22-15-20(25)24-10-12-29-13-11-24/h2-3,8-9,17-18,23H,4-7,10-15H2,1H3,(H,22,26). The van der Waals surface area contributed by atoms with Crippen LogP contribution in [0, 0.1) is 18.8 Å². The highest BCUT2D eigenvalue weighted by Gasteiger charge is 2.28. The third kappa shape index (κ3) is 6.26. The molecule has 1 saturated heterocycles. The molecule has 1 saturated carbocycles. The Bertz CT molecular complexity index is 827. The van der Waals surface area contributed by atoms with E-state index in [2.05, 4.69) is 10.0 Å². The molecule has 30 heavy (non-hydrogen) atoms. The number of hydrogen-bond acceptors (Lipinski definition) is 5. The number of morpholine rings is 1. The minimum Gasteiger partial charge on any atom is -0.378 e. The summed E-state index contributed by atoms with van der Waals surface area (Å²) in [6.45, 7) is 4.53. The van der Waals surface area contributed by atoms with Crippen LogP contribution < -0.4 is 10.0 Å². The zero-order chi connectivity index (χ0) is 21.6. The molecule has 0 bridgehead atoms. The van der Waals surface area contributed by atoms with E-state index in [4.69, 9.17) is 4.74 Å². The fourth-order valence-corrected chi connectivity index (χ4v) is 5.00. The lowest BCUT2D eigenvalue weighted by molar-refractivity contribution is -0.137. The van der Waals surface area contributed by atoms with Crippen LogP contribution in [0.4, 0.5) is 0 Å². The molecule has 1 aliphatic carbocycles. The van der Waals surface area contributed by atoms with Crippen LogP contribution in [0.25, 0.3) is 0 Å². The SMILES string of the molecule is Cc1ccc(S(=O)(=O)NCC2CCC(C(=O)NCC(=O)N3CCOCC3)CC2)cc1. The first-order valence-corrected chi connectivity index (χ1v) is 12.0. The summed E-state index contributed by atoms with van der Waals surface area (Å²) < 4.78 is 32.8. The van der Waals surface area contributed by atoms with Crippen molar-refractivity contribution < 1.29 is 22.7 Å². The Morgan fingerprint density at radius 2 is 1.70 bits per heavy atom. The van der Waals surface area contributed by atoms with E-state index in [-0.39, 0.29) is 35.1 Å². The number of carbonyl (C=O) groups is 2. The lowest BCUT2D eigenvalue weighted by Gasteiger charge is -2.29. The summed E-state index contributed by atoms with van der Waals surface area (Å²) in [6, 6.07) is 6.78. The molecule has 0 radical (unpaired) electrons. The second-order valence-corrected chi connectivity index (χ2v) is 9.86. The quantitative estimate of drug-likeness (QED) is 0.664. The van der Waals surface area contributed by atoms with Gasteiger partial charge in [0.05, 0.1) is 24.7 Å². The lowest BCUT2D eigenvalue weighted by atomic mass is 9.81. The maximum Gasteiger partial charge on any atom is 0.242 e. The molecular weight excluding hydrogens is 406 g/mol. The Morgan fingerprint density at radius 1 is 1.07 bits per heavy atom. The van der Waals surface area contributed by atoms with E-state index in [0.717, 1.165) is 18.4 Å². The topological polar surface area (TPSA) is 105 Å². The summed E-state index contributed by atoms with van der Waals surface area (Å²) in [4.78, 5) is 26.5. The molecule has 0 aromatic heterocycles. The molecule has 0 spiro atoms. The minimum absolute atomic E-state index is 0.0229. The largest absolute Gasteiger partial charge is 0.378 e. The Kier molecular flexibility index (Phi) is 7.85. The molecule has 1 heterocycles. The number of nitrogens with zero attached hydrogens (tertiary/aromatic N) is 1. The fraction of sp³-hybridized carbons (Fsp3) is 0.619. The van der Waals surface area contributed by atoms with Crippen LogP contribution in [0.5, 0.6) is 0 Å². The average molecular weight is 438 g/mol. The summed E-state index contributed by atoms with van der Waals surface area (Å²) in [5.41, 5.74) is 1.01. The number of rotatable bonds is 7. The molecule has 1 aliphatic heterocycles. The van der Waals surface area contributed by atoms with Gasteiger partial charge in [-0.2, -0.15) is 0 Å². The molecule has 2 N–H and O–H groups in total. The summed E-state index contributed by atoms with van der Waals surface area (Å²) in [7, 11) is -3.52. The average Bonchev–Trinajstić information content (AvgIpc) is 2.77. The zero-order valence-electron chi connectivity index (χ0n) is 17.4. The summed E-state index contributed by atoms with van der Waals surface area (Å²) >= 11 is 0. The van der Waals surface area contributed by atoms with Crippen molar-refractivity contribution in [3.05, 3.63) is 29.8 Å². The molecule has 3 rings (SSSR count). The van der Waals surface area contributed by atoms with E-state index in [0.29, 0.717) is 45.7 Å². The van der Waals surface area contributed by atoms with Gasteiger partial charge in [-0.15, -0.1) is 0 Å². The molecule has 2 fully saturated rings. The second-order valence-electron chi connectivity index (χ2n) is 8.09. The van der Waals surface area contributed by atoms with Crippen LogP contribution in [-0.4, -0.2) is 64.5 Å². The lowest BCUT2D eigenvalue weighted by Crippen LogP contribution is -2.46. The van der Waals surface area contributed by atoms with Crippen molar-refractivity contribution in [2.75, 3.05) is 39.4 Å². The molecule has 0 atom stereocenters. The maximum atomic E-state index is 12.4. The van der Waals surface area contributed by atoms with Gasteiger partial charge in [-0.3, -0.25) is 9.59 Å². The van der Waals surface area contributed by atoms with Crippen molar-refractivity contribution in [3.8, 4) is 0 Å². The van der Waals surface area contributed by atoms with Crippen molar-refractivity contribution in [2.24, 2.45) is 11.8 Å². The van der Waals surface area contributed by atoms with E-state index in [9.17, 15) is 18.0 Å². The van der Waals surface area contributed by atoms with Crippen molar-refractivity contribution in [1.29, 1.82) is 0 Å². The van der Waals surface area contributed by atoms with E-state index < -0.39 is 10.0 Å². The minimum atomic E-state index is -3.52. The molecular formula is C21H31N3O5S. The van der Waals surface area contributed by atoms with Gasteiger partial charge < -0.3 is 15.0 Å². The number of carbonyl (C=O) groups excluding carboxylic acids is 2. The molecule has 8 nitrogen and oxygen atoms in total. The second kappa shape index (κ2) is 10.4. The Hall–Kier alpha value is -1.97. The van der Waals surface area contributed by atoms with Crippen LogP contribution in [0.3, 0.4) is 0 Å². The van der Waals surface area contributed by atoms with Gasteiger partial charge in [0.2, 0.25) is 21.8 Å².